The van der Waals surface area contributed by atoms with Crippen molar-refractivity contribution in [2.75, 3.05) is 19.6 Å². The molecule has 1 aliphatic rings. The van der Waals surface area contributed by atoms with Crippen molar-refractivity contribution in [2.45, 2.75) is 45.9 Å². The van der Waals surface area contributed by atoms with E-state index in [0.29, 0.717) is 18.7 Å². The van der Waals surface area contributed by atoms with E-state index >= 15 is 0 Å². The lowest BCUT2D eigenvalue weighted by atomic mass is 10.2. The predicted molar refractivity (Wildman–Crippen MR) is 116 cm³/mol. The van der Waals surface area contributed by atoms with Crippen LogP contribution in [0.5, 0.6) is 5.75 Å². The van der Waals surface area contributed by atoms with Crippen LogP contribution < -0.4 is 10.1 Å². The molecule has 1 amide bonds. The minimum atomic E-state index is -0.211. The first kappa shape index (κ1) is 21.1. The molecule has 0 unspecified atom stereocenters. The Morgan fingerprint density at radius 1 is 1.16 bits per heavy atom. The molecule has 0 atom stereocenters. The molecular weight excluding hydrogens is 394 g/mol. The van der Waals surface area contributed by atoms with E-state index in [4.69, 9.17) is 9.15 Å². The Bertz CT molecular complexity index is 979. The van der Waals surface area contributed by atoms with Crippen LogP contribution in [0.4, 0.5) is 0 Å². The normalized spacial score (nSPS) is 14.3. The number of fused-ring (bicyclic) bond motifs is 1. The summed E-state index contributed by atoms with van der Waals surface area (Å²) in [5, 5.41) is 11.6. The molecule has 0 aliphatic carbocycles. The quantitative estimate of drug-likeness (QED) is 0.600. The van der Waals surface area contributed by atoms with Crippen LogP contribution in [0.25, 0.3) is 0 Å². The number of hydrogen-bond acceptors (Lipinski definition) is 6. The maximum Gasteiger partial charge on any atom is 0.286 e. The Labute approximate surface area is 182 Å². The van der Waals surface area contributed by atoms with E-state index in [1.165, 1.54) is 11.8 Å². The highest BCUT2D eigenvalue weighted by atomic mass is 16.5. The number of nitrogens with zero attached hydrogens (tertiary/aromatic N) is 4. The zero-order valence-corrected chi connectivity index (χ0v) is 18.1. The molecule has 1 aromatic carbocycles. The summed E-state index contributed by atoms with van der Waals surface area (Å²) in [6, 6.07) is 11.7. The van der Waals surface area contributed by atoms with Gasteiger partial charge in [0, 0.05) is 45.6 Å². The van der Waals surface area contributed by atoms with E-state index in [1.807, 2.05) is 26.0 Å². The second-order valence-corrected chi connectivity index (χ2v) is 8.00. The number of carbonyl (C=O) groups is 1. The molecule has 0 spiro atoms. The van der Waals surface area contributed by atoms with Gasteiger partial charge in [-0.1, -0.05) is 12.1 Å². The minimum absolute atomic E-state index is 0.181. The maximum atomic E-state index is 12.0. The molecule has 31 heavy (non-hydrogen) atoms. The molecule has 164 valence electrons. The summed E-state index contributed by atoms with van der Waals surface area (Å²) in [5.74, 6) is 2.93. The summed E-state index contributed by atoms with van der Waals surface area (Å²) in [4.78, 5) is 14.4. The highest BCUT2D eigenvalue weighted by Gasteiger charge is 2.19. The topological polar surface area (TPSA) is 85.4 Å². The Morgan fingerprint density at radius 3 is 2.74 bits per heavy atom. The predicted octanol–water partition coefficient (Wildman–Crippen LogP) is 2.69. The first-order chi connectivity index (χ1) is 15.1. The number of rotatable bonds is 8. The molecule has 1 aliphatic heterocycles. The number of benzene rings is 1. The van der Waals surface area contributed by atoms with Gasteiger partial charge in [0.05, 0.1) is 12.4 Å². The first-order valence-corrected chi connectivity index (χ1v) is 10.8. The lowest BCUT2D eigenvalue weighted by Crippen LogP contribution is -2.28. The van der Waals surface area contributed by atoms with Gasteiger partial charge in [0.2, 0.25) is 0 Å². The monoisotopic (exact) mass is 423 g/mol. The highest BCUT2D eigenvalue weighted by Crippen LogP contribution is 2.17. The fourth-order valence-corrected chi connectivity index (χ4v) is 3.76. The zero-order valence-electron chi connectivity index (χ0n) is 18.1. The van der Waals surface area contributed by atoms with Gasteiger partial charge >= 0.3 is 0 Å². The van der Waals surface area contributed by atoms with E-state index in [-0.39, 0.29) is 12.0 Å². The van der Waals surface area contributed by atoms with Gasteiger partial charge in [-0.3, -0.25) is 9.69 Å². The van der Waals surface area contributed by atoms with Gasteiger partial charge in [0.1, 0.15) is 17.4 Å². The number of furan rings is 1. The van der Waals surface area contributed by atoms with Gasteiger partial charge in [0.15, 0.2) is 5.76 Å². The van der Waals surface area contributed by atoms with Crippen molar-refractivity contribution >= 4 is 5.91 Å². The summed E-state index contributed by atoms with van der Waals surface area (Å²) in [6.45, 7) is 8.17. The molecule has 0 saturated heterocycles. The molecule has 4 rings (SSSR count). The van der Waals surface area contributed by atoms with Crippen LogP contribution in [0.3, 0.4) is 0 Å². The highest BCUT2D eigenvalue weighted by molar-refractivity contribution is 5.91. The van der Waals surface area contributed by atoms with Crippen molar-refractivity contribution in [3.8, 4) is 5.75 Å². The number of ether oxygens (including phenoxy) is 1. The summed E-state index contributed by atoms with van der Waals surface area (Å²) in [6.07, 6.45) is 3.17. The molecule has 0 saturated carbocycles. The number of hydrogen-bond donors (Lipinski definition) is 1. The van der Waals surface area contributed by atoms with Crippen molar-refractivity contribution in [3.63, 3.8) is 0 Å². The smallest absolute Gasteiger partial charge is 0.286 e. The van der Waals surface area contributed by atoms with Crippen LogP contribution in [0.1, 0.15) is 41.6 Å². The third-order valence-electron chi connectivity index (χ3n) is 5.28. The maximum absolute atomic E-state index is 12.0. The van der Waals surface area contributed by atoms with E-state index in [2.05, 4.69) is 37.1 Å². The second-order valence-electron chi connectivity index (χ2n) is 8.00. The zero-order chi connectivity index (χ0) is 21.6. The molecule has 0 bridgehead atoms. The van der Waals surface area contributed by atoms with E-state index in [1.54, 1.807) is 12.1 Å². The van der Waals surface area contributed by atoms with Gasteiger partial charge in [-0.15, -0.1) is 10.2 Å². The molecule has 1 N–H and O–H groups in total. The Morgan fingerprint density at radius 2 is 2.00 bits per heavy atom. The third kappa shape index (κ3) is 5.52. The molecule has 0 radical (unpaired) electrons. The van der Waals surface area contributed by atoms with Crippen LogP contribution in [0.2, 0.25) is 0 Å². The fraction of sp³-hybridized carbons (Fsp3) is 0.435. The molecule has 3 heterocycles. The average Bonchev–Trinajstić information content (AvgIpc) is 3.37. The van der Waals surface area contributed by atoms with Crippen molar-refractivity contribution in [3.05, 3.63) is 65.6 Å². The van der Waals surface area contributed by atoms with Crippen molar-refractivity contribution in [2.24, 2.45) is 0 Å². The van der Waals surface area contributed by atoms with Crippen LogP contribution in [-0.4, -0.2) is 51.3 Å². The number of aromatic nitrogens is 3. The summed E-state index contributed by atoms with van der Waals surface area (Å²) >= 11 is 0. The second kappa shape index (κ2) is 9.78. The largest absolute Gasteiger partial charge is 0.491 e. The van der Waals surface area contributed by atoms with Gasteiger partial charge in [0.25, 0.3) is 5.91 Å². The molecule has 0 fully saturated rings. The van der Waals surface area contributed by atoms with Gasteiger partial charge in [-0.2, -0.15) is 0 Å². The van der Waals surface area contributed by atoms with E-state index in [9.17, 15) is 4.79 Å². The van der Waals surface area contributed by atoms with E-state index < -0.39 is 0 Å². The SMILES string of the molecule is CC(C)Oc1ccc(CN2CCc3nnc(CCNC(=O)c4ccco4)n3CC2)cc1. The Kier molecular flexibility index (Phi) is 6.66. The molecule has 8 heteroatoms. The van der Waals surface area contributed by atoms with Gasteiger partial charge in [-0.25, -0.2) is 0 Å². The molecule has 8 nitrogen and oxygen atoms in total. The lowest BCUT2D eigenvalue weighted by Gasteiger charge is -2.20. The van der Waals surface area contributed by atoms with Crippen molar-refractivity contribution in [1.82, 2.24) is 25.0 Å². The fourth-order valence-electron chi connectivity index (χ4n) is 3.76. The van der Waals surface area contributed by atoms with Crippen LogP contribution in [0, 0.1) is 0 Å². The van der Waals surface area contributed by atoms with Crippen LogP contribution >= 0.6 is 0 Å². The van der Waals surface area contributed by atoms with Crippen LogP contribution in [0.15, 0.2) is 47.1 Å². The number of carbonyl (C=O) groups excluding carboxylic acids is 1. The van der Waals surface area contributed by atoms with Gasteiger partial charge < -0.3 is 19.0 Å². The summed E-state index contributed by atoms with van der Waals surface area (Å²) in [5.41, 5.74) is 1.27. The molecule has 2 aromatic heterocycles. The Balaban J connectivity index is 1.29. The standard InChI is InChI=1S/C23H29N5O3/c1-17(2)31-19-7-5-18(6-8-19)16-27-12-10-22-26-25-21(28(22)14-13-27)9-11-24-23(29)20-4-3-15-30-20/h3-8,15,17H,9-14,16H2,1-2H3,(H,24,29). The van der Waals surface area contributed by atoms with Crippen molar-refractivity contribution in [1.29, 1.82) is 0 Å². The Hall–Kier alpha value is -3.13. The van der Waals surface area contributed by atoms with Gasteiger partial charge in [-0.05, 0) is 43.7 Å². The van der Waals surface area contributed by atoms with E-state index in [0.717, 1.165) is 50.0 Å². The average molecular weight is 424 g/mol. The first-order valence-electron chi connectivity index (χ1n) is 10.8. The molecular formula is C23H29N5O3. The third-order valence-corrected chi connectivity index (χ3v) is 5.28. The number of amides is 1. The lowest BCUT2D eigenvalue weighted by molar-refractivity contribution is 0.0926. The summed E-state index contributed by atoms with van der Waals surface area (Å²) < 4.78 is 13.0. The number of nitrogens with one attached hydrogen (secondary N) is 1. The minimum Gasteiger partial charge on any atom is -0.491 e. The molecule has 3 aromatic rings. The summed E-state index contributed by atoms with van der Waals surface area (Å²) in [7, 11) is 0. The van der Waals surface area contributed by atoms with Crippen LogP contribution in [-0.2, 0) is 25.9 Å². The van der Waals surface area contributed by atoms with Crippen molar-refractivity contribution < 1.29 is 13.9 Å².